The Bertz CT molecular complexity index is 1120. The lowest BCUT2D eigenvalue weighted by molar-refractivity contribution is -0.116. The molecule has 0 radical (unpaired) electrons. The topological polar surface area (TPSA) is 107 Å². The minimum atomic E-state index is -0.265. The summed E-state index contributed by atoms with van der Waals surface area (Å²) in [5.41, 5.74) is 1.77. The second-order valence-electron chi connectivity index (χ2n) is 6.08. The van der Waals surface area contributed by atoms with Crippen LogP contribution in [-0.4, -0.2) is 31.2 Å². The van der Waals surface area contributed by atoms with Crippen molar-refractivity contribution in [1.29, 1.82) is 0 Å². The Balaban J connectivity index is 1.24. The molecule has 3 aromatic heterocycles. The SMILES string of the molecule is O=C(CCc1nc(-c2ccncc2)no1)Nc1nnc(SCc2ccc(F)cc2)s1. The molecule has 0 bridgehead atoms. The van der Waals surface area contributed by atoms with Gasteiger partial charge in [0.15, 0.2) is 4.34 Å². The molecule has 0 spiro atoms. The maximum absolute atomic E-state index is 12.9. The number of nitrogens with one attached hydrogen (secondary N) is 1. The van der Waals surface area contributed by atoms with Gasteiger partial charge in [-0.25, -0.2) is 4.39 Å². The summed E-state index contributed by atoms with van der Waals surface area (Å²) in [6.07, 6.45) is 3.78. The first kappa shape index (κ1) is 20.1. The molecular weight excluding hydrogens is 427 g/mol. The zero-order valence-corrected chi connectivity index (χ0v) is 17.1. The van der Waals surface area contributed by atoms with E-state index >= 15 is 0 Å². The second kappa shape index (κ2) is 9.55. The Morgan fingerprint density at radius 2 is 1.93 bits per heavy atom. The molecule has 0 unspecified atom stereocenters. The number of carbonyl (C=O) groups excluding carboxylic acids is 1. The molecule has 4 aromatic rings. The highest BCUT2D eigenvalue weighted by Gasteiger charge is 2.13. The van der Waals surface area contributed by atoms with Crippen LogP contribution in [0.1, 0.15) is 17.9 Å². The molecule has 0 aliphatic heterocycles. The van der Waals surface area contributed by atoms with E-state index in [9.17, 15) is 9.18 Å². The van der Waals surface area contributed by atoms with Gasteiger partial charge >= 0.3 is 0 Å². The van der Waals surface area contributed by atoms with Gasteiger partial charge in [-0.2, -0.15) is 4.98 Å². The van der Waals surface area contributed by atoms with Gasteiger partial charge in [-0.3, -0.25) is 9.78 Å². The summed E-state index contributed by atoms with van der Waals surface area (Å²) in [6, 6.07) is 9.86. The molecule has 4 rings (SSSR count). The van der Waals surface area contributed by atoms with Gasteiger partial charge in [0.25, 0.3) is 0 Å². The number of benzene rings is 1. The number of carbonyl (C=O) groups is 1. The molecule has 1 N–H and O–H groups in total. The molecule has 0 aliphatic rings. The van der Waals surface area contributed by atoms with Gasteiger partial charge in [0.1, 0.15) is 5.82 Å². The van der Waals surface area contributed by atoms with Gasteiger partial charge in [0.05, 0.1) is 0 Å². The van der Waals surface area contributed by atoms with Crippen molar-refractivity contribution in [2.75, 3.05) is 5.32 Å². The fraction of sp³-hybridized carbons (Fsp3) is 0.158. The maximum Gasteiger partial charge on any atom is 0.227 e. The third kappa shape index (κ3) is 5.45. The van der Waals surface area contributed by atoms with Crippen molar-refractivity contribution in [3.63, 3.8) is 0 Å². The van der Waals surface area contributed by atoms with Crippen molar-refractivity contribution in [3.05, 3.63) is 66.1 Å². The minimum absolute atomic E-state index is 0.176. The van der Waals surface area contributed by atoms with Crippen LogP contribution in [0.2, 0.25) is 0 Å². The molecule has 0 saturated carbocycles. The summed E-state index contributed by atoms with van der Waals surface area (Å²) in [4.78, 5) is 20.4. The highest BCUT2D eigenvalue weighted by atomic mass is 32.2. The van der Waals surface area contributed by atoms with Crippen molar-refractivity contribution in [1.82, 2.24) is 25.3 Å². The van der Waals surface area contributed by atoms with Crippen molar-refractivity contribution < 1.29 is 13.7 Å². The Labute approximate surface area is 179 Å². The molecule has 0 fully saturated rings. The summed E-state index contributed by atoms with van der Waals surface area (Å²) < 4.78 is 18.8. The Kier molecular flexibility index (Phi) is 6.40. The van der Waals surface area contributed by atoms with Crippen molar-refractivity contribution in [3.8, 4) is 11.4 Å². The summed E-state index contributed by atoms with van der Waals surface area (Å²) in [7, 11) is 0. The zero-order valence-electron chi connectivity index (χ0n) is 15.5. The van der Waals surface area contributed by atoms with E-state index in [4.69, 9.17) is 4.52 Å². The number of amides is 1. The summed E-state index contributed by atoms with van der Waals surface area (Å²) in [6.45, 7) is 0. The number of rotatable bonds is 8. The number of nitrogens with zero attached hydrogens (tertiary/aromatic N) is 5. The zero-order chi connectivity index (χ0) is 20.8. The van der Waals surface area contributed by atoms with E-state index in [1.807, 2.05) is 0 Å². The van der Waals surface area contributed by atoms with Crippen LogP contribution in [0.3, 0.4) is 0 Å². The maximum atomic E-state index is 12.9. The number of hydrogen-bond donors (Lipinski definition) is 1. The molecule has 11 heteroatoms. The molecule has 0 saturated heterocycles. The van der Waals surface area contributed by atoms with E-state index < -0.39 is 0 Å². The number of halogens is 1. The number of aromatic nitrogens is 5. The van der Waals surface area contributed by atoms with Crippen molar-refractivity contribution in [2.24, 2.45) is 0 Å². The average molecular weight is 443 g/mol. The highest BCUT2D eigenvalue weighted by Crippen LogP contribution is 2.28. The van der Waals surface area contributed by atoms with Gasteiger partial charge in [-0.05, 0) is 29.8 Å². The molecular formula is C19H15FN6O2S2. The van der Waals surface area contributed by atoms with Crippen LogP contribution in [0.4, 0.5) is 9.52 Å². The van der Waals surface area contributed by atoms with E-state index in [1.165, 1.54) is 35.2 Å². The molecule has 8 nitrogen and oxygen atoms in total. The van der Waals surface area contributed by atoms with Gasteiger partial charge < -0.3 is 9.84 Å². The molecule has 1 amide bonds. The van der Waals surface area contributed by atoms with E-state index in [0.717, 1.165) is 11.1 Å². The normalized spacial score (nSPS) is 10.8. The monoisotopic (exact) mass is 442 g/mol. The predicted molar refractivity (Wildman–Crippen MR) is 110 cm³/mol. The first-order valence-electron chi connectivity index (χ1n) is 8.89. The molecule has 30 heavy (non-hydrogen) atoms. The van der Waals surface area contributed by atoms with Gasteiger partial charge in [0, 0.05) is 36.6 Å². The fourth-order valence-electron chi connectivity index (χ4n) is 2.42. The van der Waals surface area contributed by atoms with Gasteiger partial charge in [-0.1, -0.05) is 40.4 Å². The Morgan fingerprint density at radius 1 is 1.13 bits per heavy atom. The quantitative estimate of drug-likeness (QED) is 0.322. The van der Waals surface area contributed by atoms with Gasteiger partial charge in [0.2, 0.25) is 22.8 Å². The predicted octanol–water partition coefficient (Wildman–Crippen LogP) is 3.99. The van der Waals surface area contributed by atoms with Crippen LogP contribution < -0.4 is 5.32 Å². The Morgan fingerprint density at radius 3 is 2.73 bits per heavy atom. The lowest BCUT2D eigenvalue weighted by Crippen LogP contribution is -2.12. The van der Waals surface area contributed by atoms with Crippen LogP contribution in [0.25, 0.3) is 11.4 Å². The lowest BCUT2D eigenvalue weighted by Gasteiger charge is -1.99. The van der Waals surface area contributed by atoms with Crippen LogP contribution in [0, 0.1) is 5.82 Å². The van der Waals surface area contributed by atoms with E-state index in [1.54, 1.807) is 36.7 Å². The van der Waals surface area contributed by atoms with Crippen LogP contribution in [-0.2, 0) is 17.0 Å². The minimum Gasteiger partial charge on any atom is -0.339 e. The largest absolute Gasteiger partial charge is 0.339 e. The molecule has 0 atom stereocenters. The van der Waals surface area contributed by atoms with E-state index in [-0.39, 0.29) is 18.1 Å². The lowest BCUT2D eigenvalue weighted by atomic mass is 10.2. The van der Waals surface area contributed by atoms with Crippen LogP contribution in [0.15, 0.2) is 57.7 Å². The summed E-state index contributed by atoms with van der Waals surface area (Å²) >= 11 is 2.76. The number of aryl methyl sites for hydroxylation is 1. The smallest absolute Gasteiger partial charge is 0.227 e. The third-order valence-corrected chi connectivity index (χ3v) is 5.94. The number of thioether (sulfide) groups is 1. The first-order chi connectivity index (χ1) is 14.7. The summed E-state index contributed by atoms with van der Waals surface area (Å²) in [5, 5.41) is 15.1. The van der Waals surface area contributed by atoms with Crippen LogP contribution >= 0.6 is 23.1 Å². The summed E-state index contributed by atoms with van der Waals surface area (Å²) in [5.74, 6) is 0.994. The number of pyridine rings is 1. The highest BCUT2D eigenvalue weighted by molar-refractivity contribution is 8.00. The average Bonchev–Trinajstić information content (AvgIpc) is 3.42. The van der Waals surface area contributed by atoms with E-state index in [0.29, 0.717) is 33.4 Å². The van der Waals surface area contributed by atoms with Crippen LogP contribution in [0.5, 0.6) is 0 Å². The number of hydrogen-bond acceptors (Lipinski definition) is 9. The standard InChI is InChI=1S/C19H15FN6O2S2/c20-14-3-1-12(2-4-14)11-29-19-25-24-18(30-19)22-15(27)5-6-16-23-17(26-28-16)13-7-9-21-10-8-13/h1-4,7-10H,5-6,11H2,(H,22,24,27). The van der Waals surface area contributed by atoms with E-state index in [2.05, 4.69) is 30.6 Å². The van der Waals surface area contributed by atoms with Crippen molar-refractivity contribution in [2.45, 2.75) is 22.9 Å². The molecule has 152 valence electrons. The van der Waals surface area contributed by atoms with Gasteiger partial charge in [-0.15, -0.1) is 10.2 Å². The molecule has 0 aliphatic carbocycles. The number of anilines is 1. The molecule has 3 heterocycles. The fourth-order valence-corrected chi connectivity index (χ4v) is 4.15. The van der Waals surface area contributed by atoms with Crippen molar-refractivity contribution >= 4 is 34.1 Å². The third-order valence-electron chi connectivity index (χ3n) is 3.90. The first-order valence-corrected chi connectivity index (χ1v) is 10.7. The molecule has 1 aromatic carbocycles. The Hall–Kier alpha value is -3.18. The second-order valence-corrected chi connectivity index (χ2v) is 8.28.